The molecule has 1 aliphatic rings. The first kappa shape index (κ1) is 14.5. The Labute approximate surface area is 115 Å². The van der Waals surface area contributed by atoms with Crippen LogP contribution in [0.3, 0.4) is 0 Å². The summed E-state index contributed by atoms with van der Waals surface area (Å²) in [6.07, 6.45) is 0. The van der Waals surface area contributed by atoms with Gasteiger partial charge in [-0.3, -0.25) is 0 Å². The van der Waals surface area contributed by atoms with Crippen LogP contribution in [0.25, 0.3) is 0 Å². The highest BCUT2D eigenvalue weighted by molar-refractivity contribution is 7.91. The van der Waals surface area contributed by atoms with Crippen LogP contribution in [-0.4, -0.2) is 45.2 Å². The standard InChI is InChI=1S/C14H22N2O2S/c1-3-16(4-2)10-9-15-13-11-19(17,18)14-8-6-5-7-12(13)14/h5-8,13,15H,3-4,9-11H2,1-2H3. The molecule has 1 atom stereocenters. The van der Waals surface area contributed by atoms with Gasteiger partial charge in [0.15, 0.2) is 9.84 Å². The summed E-state index contributed by atoms with van der Waals surface area (Å²) in [6.45, 7) is 8.09. The first-order valence-corrected chi connectivity index (χ1v) is 8.51. The zero-order chi connectivity index (χ0) is 13.9. The van der Waals surface area contributed by atoms with Crippen molar-refractivity contribution in [1.82, 2.24) is 10.2 Å². The third-order valence-corrected chi connectivity index (χ3v) is 5.54. The van der Waals surface area contributed by atoms with Crippen LogP contribution in [0.5, 0.6) is 0 Å². The molecule has 1 aromatic rings. The van der Waals surface area contributed by atoms with Crippen LogP contribution in [0, 0.1) is 0 Å². The van der Waals surface area contributed by atoms with Crippen molar-refractivity contribution < 1.29 is 8.42 Å². The molecule has 0 amide bonds. The molecule has 19 heavy (non-hydrogen) atoms. The summed E-state index contributed by atoms with van der Waals surface area (Å²) < 4.78 is 24.0. The van der Waals surface area contributed by atoms with Crippen molar-refractivity contribution in [3.8, 4) is 0 Å². The van der Waals surface area contributed by atoms with Crippen LogP contribution in [0.2, 0.25) is 0 Å². The van der Waals surface area contributed by atoms with Crippen LogP contribution in [0.1, 0.15) is 25.5 Å². The molecular weight excluding hydrogens is 260 g/mol. The number of fused-ring (bicyclic) bond motifs is 1. The molecule has 0 aromatic heterocycles. The maximum atomic E-state index is 12.0. The third-order valence-electron chi connectivity index (χ3n) is 3.73. The molecule has 4 nitrogen and oxygen atoms in total. The largest absolute Gasteiger partial charge is 0.308 e. The summed E-state index contributed by atoms with van der Waals surface area (Å²) in [5.41, 5.74) is 0.919. The SMILES string of the molecule is CCN(CC)CCNC1CS(=O)(=O)c2ccccc21. The lowest BCUT2D eigenvalue weighted by Gasteiger charge is -2.20. The van der Waals surface area contributed by atoms with E-state index in [0.29, 0.717) is 4.90 Å². The van der Waals surface area contributed by atoms with Crippen LogP contribution in [-0.2, 0) is 9.84 Å². The van der Waals surface area contributed by atoms with Crippen molar-refractivity contribution >= 4 is 9.84 Å². The third kappa shape index (κ3) is 3.16. The van der Waals surface area contributed by atoms with E-state index in [9.17, 15) is 8.42 Å². The van der Waals surface area contributed by atoms with E-state index < -0.39 is 9.84 Å². The highest BCUT2D eigenvalue weighted by atomic mass is 32.2. The average Bonchev–Trinajstić information content (AvgIpc) is 2.67. The van der Waals surface area contributed by atoms with Crippen molar-refractivity contribution in [2.75, 3.05) is 31.9 Å². The maximum Gasteiger partial charge on any atom is 0.180 e. The Morgan fingerprint density at radius 3 is 2.63 bits per heavy atom. The van der Waals surface area contributed by atoms with E-state index >= 15 is 0 Å². The topological polar surface area (TPSA) is 49.4 Å². The highest BCUT2D eigenvalue weighted by Crippen LogP contribution is 2.32. The number of likely N-dealkylation sites (N-methyl/N-ethyl adjacent to an activating group) is 1. The molecule has 106 valence electrons. The molecule has 1 unspecified atom stereocenters. The van der Waals surface area contributed by atoms with Gasteiger partial charge < -0.3 is 10.2 Å². The molecule has 1 aliphatic heterocycles. The number of hydrogen-bond acceptors (Lipinski definition) is 4. The smallest absolute Gasteiger partial charge is 0.180 e. The second-order valence-electron chi connectivity index (χ2n) is 4.85. The van der Waals surface area contributed by atoms with Gasteiger partial charge in [-0.25, -0.2) is 8.42 Å². The number of hydrogen-bond donors (Lipinski definition) is 1. The molecule has 0 fully saturated rings. The molecule has 0 spiro atoms. The van der Waals surface area contributed by atoms with E-state index in [0.717, 1.165) is 31.7 Å². The Morgan fingerprint density at radius 1 is 1.26 bits per heavy atom. The van der Waals surface area contributed by atoms with Crippen LogP contribution < -0.4 is 5.32 Å². The van der Waals surface area contributed by atoms with E-state index in [1.165, 1.54) is 0 Å². The number of benzene rings is 1. The predicted octanol–water partition coefficient (Wildman–Crippen LogP) is 1.45. The fourth-order valence-electron chi connectivity index (χ4n) is 2.56. The Kier molecular flexibility index (Phi) is 4.60. The van der Waals surface area contributed by atoms with Gasteiger partial charge >= 0.3 is 0 Å². The monoisotopic (exact) mass is 282 g/mol. The van der Waals surface area contributed by atoms with E-state index in [-0.39, 0.29) is 11.8 Å². The summed E-state index contributed by atoms with van der Waals surface area (Å²) in [6, 6.07) is 7.25. The van der Waals surface area contributed by atoms with Crippen LogP contribution in [0.15, 0.2) is 29.2 Å². The average molecular weight is 282 g/mol. The summed E-state index contributed by atoms with van der Waals surface area (Å²) in [5, 5.41) is 3.37. The normalized spacial score (nSPS) is 20.7. The minimum absolute atomic E-state index is 0.0586. The Bertz CT molecular complexity index is 524. The van der Waals surface area contributed by atoms with Gasteiger partial charge in [0.1, 0.15) is 0 Å². The second kappa shape index (κ2) is 6.03. The first-order valence-electron chi connectivity index (χ1n) is 6.86. The molecule has 0 aliphatic carbocycles. The molecular formula is C14H22N2O2S. The van der Waals surface area contributed by atoms with Crippen molar-refractivity contribution in [1.29, 1.82) is 0 Å². The lowest BCUT2D eigenvalue weighted by atomic mass is 10.1. The lowest BCUT2D eigenvalue weighted by Crippen LogP contribution is -2.34. The predicted molar refractivity (Wildman–Crippen MR) is 77.0 cm³/mol. The van der Waals surface area contributed by atoms with Gasteiger partial charge in [0.2, 0.25) is 0 Å². The molecule has 1 N–H and O–H groups in total. The molecule has 5 heteroatoms. The maximum absolute atomic E-state index is 12.0. The van der Waals surface area contributed by atoms with Gasteiger partial charge in [-0.15, -0.1) is 0 Å². The number of nitrogens with one attached hydrogen (secondary N) is 1. The van der Waals surface area contributed by atoms with Crippen molar-refractivity contribution in [2.24, 2.45) is 0 Å². The van der Waals surface area contributed by atoms with E-state index in [1.54, 1.807) is 12.1 Å². The quantitative estimate of drug-likeness (QED) is 0.858. The Morgan fingerprint density at radius 2 is 1.95 bits per heavy atom. The van der Waals surface area contributed by atoms with Crippen LogP contribution in [0.4, 0.5) is 0 Å². The second-order valence-corrected chi connectivity index (χ2v) is 6.86. The van der Waals surface area contributed by atoms with Crippen molar-refractivity contribution in [2.45, 2.75) is 24.8 Å². The van der Waals surface area contributed by atoms with E-state index in [4.69, 9.17) is 0 Å². The number of rotatable bonds is 6. The minimum Gasteiger partial charge on any atom is -0.308 e. The zero-order valence-electron chi connectivity index (χ0n) is 11.6. The lowest BCUT2D eigenvalue weighted by molar-refractivity contribution is 0.298. The highest BCUT2D eigenvalue weighted by Gasteiger charge is 2.33. The first-order chi connectivity index (χ1) is 9.08. The van der Waals surface area contributed by atoms with Gasteiger partial charge in [-0.05, 0) is 24.7 Å². The van der Waals surface area contributed by atoms with Crippen molar-refractivity contribution in [3.63, 3.8) is 0 Å². The Hall–Kier alpha value is -0.910. The fraction of sp³-hybridized carbons (Fsp3) is 0.571. The molecule has 2 rings (SSSR count). The molecule has 0 saturated heterocycles. The summed E-state index contributed by atoms with van der Waals surface area (Å²) in [7, 11) is -3.09. The molecule has 0 bridgehead atoms. The number of nitrogens with zero attached hydrogens (tertiary/aromatic N) is 1. The van der Waals surface area contributed by atoms with Gasteiger partial charge in [0.05, 0.1) is 10.6 Å². The van der Waals surface area contributed by atoms with Gasteiger partial charge in [-0.1, -0.05) is 32.0 Å². The van der Waals surface area contributed by atoms with Gasteiger partial charge in [0, 0.05) is 19.1 Å². The summed E-state index contributed by atoms with van der Waals surface area (Å²) in [5.74, 6) is 0.185. The zero-order valence-corrected chi connectivity index (χ0v) is 12.4. The molecule has 1 heterocycles. The minimum atomic E-state index is -3.09. The molecule has 1 aromatic carbocycles. The summed E-state index contributed by atoms with van der Waals surface area (Å²) in [4.78, 5) is 2.82. The molecule has 0 saturated carbocycles. The number of sulfone groups is 1. The van der Waals surface area contributed by atoms with Gasteiger partial charge in [-0.2, -0.15) is 0 Å². The van der Waals surface area contributed by atoms with Gasteiger partial charge in [0.25, 0.3) is 0 Å². The fourth-order valence-corrected chi connectivity index (χ4v) is 4.33. The molecule has 0 radical (unpaired) electrons. The van der Waals surface area contributed by atoms with E-state index in [1.807, 2.05) is 12.1 Å². The van der Waals surface area contributed by atoms with E-state index in [2.05, 4.69) is 24.1 Å². The Balaban J connectivity index is 2.00. The van der Waals surface area contributed by atoms with Crippen molar-refractivity contribution in [3.05, 3.63) is 29.8 Å². The van der Waals surface area contributed by atoms with Crippen LogP contribution >= 0.6 is 0 Å². The summed E-state index contributed by atoms with van der Waals surface area (Å²) >= 11 is 0.